The van der Waals surface area contributed by atoms with Gasteiger partial charge in [-0.25, -0.2) is 0 Å². The standard InChI is InChI=1S/C11H19ClN2S2/c1-3-8(2)15-7-9(14-13)6-10-4-5-11(12)16-10/h4-5,8-9,14H,3,6-7,13H2,1-2H3. The van der Waals surface area contributed by atoms with Gasteiger partial charge in [-0.3, -0.25) is 11.3 Å². The van der Waals surface area contributed by atoms with E-state index in [4.69, 9.17) is 17.4 Å². The molecule has 0 bridgehead atoms. The molecule has 0 radical (unpaired) electrons. The van der Waals surface area contributed by atoms with Gasteiger partial charge in [-0.15, -0.1) is 11.3 Å². The SMILES string of the molecule is CCC(C)SCC(Cc1ccc(Cl)s1)NN. The van der Waals surface area contributed by atoms with Gasteiger partial charge < -0.3 is 0 Å². The lowest BCUT2D eigenvalue weighted by Crippen LogP contribution is -2.38. The molecule has 0 fully saturated rings. The van der Waals surface area contributed by atoms with E-state index < -0.39 is 0 Å². The lowest BCUT2D eigenvalue weighted by Gasteiger charge is -2.16. The number of thioether (sulfide) groups is 1. The second-order valence-corrected chi connectivity index (χ2v) is 7.10. The van der Waals surface area contributed by atoms with Crippen molar-refractivity contribution in [1.29, 1.82) is 0 Å². The maximum Gasteiger partial charge on any atom is 0.0931 e. The van der Waals surface area contributed by atoms with Crippen LogP contribution >= 0.6 is 34.7 Å². The Bertz CT molecular complexity index is 304. The van der Waals surface area contributed by atoms with Crippen LogP contribution in [-0.2, 0) is 6.42 Å². The first kappa shape index (κ1) is 14.3. The summed E-state index contributed by atoms with van der Waals surface area (Å²) >= 11 is 9.49. The molecule has 92 valence electrons. The van der Waals surface area contributed by atoms with Gasteiger partial charge >= 0.3 is 0 Å². The van der Waals surface area contributed by atoms with Crippen molar-refractivity contribution in [3.8, 4) is 0 Å². The highest BCUT2D eigenvalue weighted by Gasteiger charge is 2.11. The van der Waals surface area contributed by atoms with E-state index in [9.17, 15) is 0 Å². The molecular weight excluding hydrogens is 260 g/mol. The first-order valence-electron chi connectivity index (χ1n) is 5.47. The van der Waals surface area contributed by atoms with Crippen molar-refractivity contribution in [1.82, 2.24) is 5.43 Å². The quantitative estimate of drug-likeness (QED) is 0.594. The third-order valence-electron chi connectivity index (χ3n) is 2.47. The van der Waals surface area contributed by atoms with Gasteiger partial charge in [0, 0.05) is 21.9 Å². The smallest absolute Gasteiger partial charge is 0.0931 e. The Hall–Kier alpha value is 0.260. The van der Waals surface area contributed by atoms with E-state index in [1.807, 2.05) is 17.8 Å². The molecule has 0 saturated carbocycles. The fourth-order valence-electron chi connectivity index (χ4n) is 1.27. The Balaban J connectivity index is 2.37. The van der Waals surface area contributed by atoms with Gasteiger partial charge in [0.15, 0.2) is 0 Å². The zero-order valence-electron chi connectivity index (χ0n) is 9.70. The predicted octanol–water partition coefficient (Wildman–Crippen LogP) is 3.31. The Kier molecular flexibility index (Phi) is 6.77. The minimum absolute atomic E-state index is 0.328. The Morgan fingerprint density at radius 2 is 2.31 bits per heavy atom. The van der Waals surface area contributed by atoms with Crippen molar-refractivity contribution in [3.05, 3.63) is 21.3 Å². The summed E-state index contributed by atoms with van der Waals surface area (Å²) in [6, 6.07) is 4.34. The summed E-state index contributed by atoms with van der Waals surface area (Å²) in [4.78, 5) is 1.29. The number of rotatable bonds is 7. The number of nitrogens with two attached hydrogens (primary N) is 1. The molecule has 16 heavy (non-hydrogen) atoms. The van der Waals surface area contributed by atoms with Crippen molar-refractivity contribution < 1.29 is 0 Å². The van der Waals surface area contributed by atoms with Gasteiger partial charge in [0.1, 0.15) is 0 Å². The van der Waals surface area contributed by atoms with Crippen LogP contribution in [0.1, 0.15) is 25.1 Å². The molecule has 0 aliphatic heterocycles. The molecule has 3 N–H and O–H groups in total. The van der Waals surface area contributed by atoms with Crippen LogP contribution in [0.15, 0.2) is 12.1 Å². The third-order valence-corrected chi connectivity index (χ3v) is 5.22. The first-order chi connectivity index (χ1) is 7.65. The fraction of sp³-hybridized carbons (Fsp3) is 0.636. The van der Waals surface area contributed by atoms with Crippen LogP contribution < -0.4 is 11.3 Å². The molecule has 2 nitrogen and oxygen atoms in total. The van der Waals surface area contributed by atoms with Crippen LogP contribution in [0.4, 0.5) is 0 Å². The highest BCUT2D eigenvalue weighted by Crippen LogP contribution is 2.23. The Labute approximate surface area is 111 Å². The zero-order chi connectivity index (χ0) is 12.0. The molecule has 0 amide bonds. The second kappa shape index (κ2) is 7.56. The summed E-state index contributed by atoms with van der Waals surface area (Å²) in [6.07, 6.45) is 2.16. The van der Waals surface area contributed by atoms with Gasteiger partial charge in [-0.2, -0.15) is 11.8 Å². The maximum absolute atomic E-state index is 5.90. The molecule has 1 rings (SSSR count). The highest BCUT2D eigenvalue weighted by atomic mass is 35.5. The molecule has 0 aliphatic carbocycles. The van der Waals surface area contributed by atoms with Crippen LogP contribution in [0.5, 0.6) is 0 Å². The van der Waals surface area contributed by atoms with Crippen molar-refractivity contribution in [2.24, 2.45) is 5.84 Å². The number of thiophene rings is 1. The van der Waals surface area contributed by atoms with Crippen LogP contribution in [0.25, 0.3) is 0 Å². The summed E-state index contributed by atoms with van der Waals surface area (Å²) in [7, 11) is 0. The second-order valence-electron chi connectivity index (χ2n) is 3.83. The largest absolute Gasteiger partial charge is 0.271 e. The number of nitrogens with one attached hydrogen (secondary N) is 1. The topological polar surface area (TPSA) is 38.0 Å². The minimum atomic E-state index is 0.328. The molecule has 0 aliphatic rings. The molecule has 2 unspecified atom stereocenters. The van der Waals surface area contributed by atoms with Gasteiger partial charge in [-0.05, 0) is 25.0 Å². The fourth-order valence-corrected chi connectivity index (χ4v) is 3.45. The summed E-state index contributed by atoms with van der Waals surface area (Å²) in [5, 5.41) is 0.697. The van der Waals surface area contributed by atoms with Crippen LogP contribution in [0, 0.1) is 0 Å². The van der Waals surface area contributed by atoms with Crippen molar-refractivity contribution >= 4 is 34.7 Å². The van der Waals surface area contributed by atoms with E-state index in [0.29, 0.717) is 11.3 Å². The van der Waals surface area contributed by atoms with E-state index in [1.165, 1.54) is 11.3 Å². The molecule has 5 heteroatoms. The van der Waals surface area contributed by atoms with E-state index in [0.717, 1.165) is 16.5 Å². The number of hydrogen-bond acceptors (Lipinski definition) is 4. The molecular formula is C11H19ClN2S2. The lowest BCUT2D eigenvalue weighted by molar-refractivity contribution is 0.578. The average Bonchev–Trinajstić information content (AvgIpc) is 2.69. The van der Waals surface area contributed by atoms with Crippen LogP contribution in [-0.4, -0.2) is 17.0 Å². The van der Waals surface area contributed by atoms with Gasteiger partial charge in [0.2, 0.25) is 0 Å². The van der Waals surface area contributed by atoms with Crippen LogP contribution in [0.2, 0.25) is 4.34 Å². The molecule has 0 aromatic carbocycles. The summed E-state index contributed by atoms with van der Waals surface area (Å²) in [5.74, 6) is 6.61. The van der Waals surface area contributed by atoms with Gasteiger partial charge in [-0.1, -0.05) is 25.4 Å². The monoisotopic (exact) mass is 278 g/mol. The van der Waals surface area contributed by atoms with E-state index in [2.05, 4.69) is 25.3 Å². The summed E-state index contributed by atoms with van der Waals surface area (Å²) in [5.41, 5.74) is 2.88. The van der Waals surface area contributed by atoms with Crippen molar-refractivity contribution in [3.63, 3.8) is 0 Å². The van der Waals surface area contributed by atoms with E-state index in [1.54, 1.807) is 11.3 Å². The van der Waals surface area contributed by atoms with E-state index in [-0.39, 0.29) is 0 Å². The normalized spacial score (nSPS) is 15.0. The highest BCUT2D eigenvalue weighted by molar-refractivity contribution is 7.99. The molecule has 2 atom stereocenters. The number of hydrogen-bond donors (Lipinski definition) is 2. The first-order valence-corrected chi connectivity index (χ1v) is 7.72. The molecule has 1 aromatic heterocycles. The van der Waals surface area contributed by atoms with E-state index >= 15 is 0 Å². The number of hydrazine groups is 1. The lowest BCUT2D eigenvalue weighted by atomic mass is 10.2. The average molecular weight is 279 g/mol. The molecule has 0 spiro atoms. The summed E-state index contributed by atoms with van der Waals surface area (Å²) in [6.45, 7) is 4.46. The van der Waals surface area contributed by atoms with Gasteiger partial charge in [0.05, 0.1) is 4.34 Å². The molecule has 1 heterocycles. The Morgan fingerprint density at radius 3 is 2.81 bits per heavy atom. The predicted molar refractivity (Wildman–Crippen MR) is 76.4 cm³/mol. The summed E-state index contributed by atoms with van der Waals surface area (Å²) < 4.78 is 0.848. The number of halogens is 1. The van der Waals surface area contributed by atoms with Gasteiger partial charge in [0.25, 0.3) is 0 Å². The maximum atomic E-state index is 5.90. The molecule has 0 saturated heterocycles. The third kappa shape index (κ3) is 5.06. The minimum Gasteiger partial charge on any atom is -0.271 e. The van der Waals surface area contributed by atoms with Crippen LogP contribution in [0.3, 0.4) is 0 Å². The zero-order valence-corrected chi connectivity index (χ0v) is 12.1. The molecule has 1 aromatic rings. The van der Waals surface area contributed by atoms with Crippen molar-refractivity contribution in [2.75, 3.05) is 5.75 Å². The Morgan fingerprint density at radius 1 is 1.56 bits per heavy atom. The van der Waals surface area contributed by atoms with Crippen molar-refractivity contribution in [2.45, 2.75) is 38.0 Å².